The zero-order chi connectivity index (χ0) is 33.5. The molecule has 236 valence electrons. The normalized spacial score (nSPS) is 12.1. The molecule has 51 heavy (non-hydrogen) atoms. The Labute approximate surface area is 296 Å². The topological polar surface area (TPSA) is 9.23 Å². The molecule has 1 heterocycles. The maximum absolute atomic E-state index is 6.59. The molecule has 0 spiro atoms. The summed E-state index contributed by atoms with van der Waals surface area (Å²) in [6.07, 6.45) is 0. The molecule has 0 unspecified atom stereocenters. The quantitative estimate of drug-likeness (QED) is 0.173. The van der Waals surface area contributed by atoms with Crippen LogP contribution < -0.4 is 4.74 Å². The lowest BCUT2D eigenvalue weighted by molar-refractivity contribution is 0.487. The predicted octanol–water partition coefficient (Wildman–Crippen LogP) is 14.2. The van der Waals surface area contributed by atoms with Crippen molar-refractivity contribution in [3.05, 3.63) is 182 Å². The molecule has 0 radical (unpaired) electrons. The fourth-order valence-corrected chi connectivity index (χ4v) is 8.39. The van der Waals surface area contributed by atoms with Crippen molar-refractivity contribution in [1.82, 2.24) is 0 Å². The number of ether oxygens (including phenoxy) is 1. The summed E-state index contributed by atoms with van der Waals surface area (Å²) in [6.45, 7) is 0. The standard InChI is InChI=1S/C50H30O/c1-3-8-31(9-4-1)36-21-24-42-44-13-7-12-43-41(26-27-46(50(43)44)51-47(42)30-36)34-16-14-32(15-17-34)39-28-37-19-18-35-20-23-40(33-10-5-2-6-11-33)45-25-22-38(29-39)48(37)49(35)45/h1-30H. The first-order valence-electron chi connectivity index (χ1n) is 17.6. The van der Waals surface area contributed by atoms with Crippen molar-refractivity contribution in [1.29, 1.82) is 0 Å². The van der Waals surface area contributed by atoms with E-state index in [4.69, 9.17) is 4.74 Å². The third kappa shape index (κ3) is 4.35. The van der Waals surface area contributed by atoms with Crippen LogP contribution in [0.15, 0.2) is 182 Å². The molecule has 1 nitrogen and oxygen atoms in total. The highest BCUT2D eigenvalue weighted by molar-refractivity contribution is 6.26. The highest BCUT2D eigenvalue weighted by Crippen LogP contribution is 2.50. The van der Waals surface area contributed by atoms with Gasteiger partial charge in [-0.2, -0.15) is 0 Å². The van der Waals surface area contributed by atoms with E-state index in [0.717, 1.165) is 22.6 Å². The average molecular weight is 647 g/mol. The van der Waals surface area contributed by atoms with E-state index < -0.39 is 0 Å². The van der Waals surface area contributed by atoms with Crippen molar-refractivity contribution < 1.29 is 4.74 Å². The Kier molecular flexibility index (Phi) is 6.02. The van der Waals surface area contributed by atoms with E-state index in [2.05, 4.69) is 176 Å². The van der Waals surface area contributed by atoms with Gasteiger partial charge in [-0.25, -0.2) is 0 Å². The number of rotatable bonds is 4. The summed E-state index contributed by atoms with van der Waals surface area (Å²) in [7, 11) is 0. The summed E-state index contributed by atoms with van der Waals surface area (Å²) in [5, 5.41) is 10.2. The Bertz CT molecular complexity index is 2940. The Morgan fingerprint density at radius 1 is 0.255 bits per heavy atom. The van der Waals surface area contributed by atoms with Gasteiger partial charge in [0.2, 0.25) is 0 Å². The molecular weight excluding hydrogens is 617 g/mol. The van der Waals surface area contributed by atoms with Gasteiger partial charge in [-0.1, -0.05) is 152 Å². The van der Waals surface area contributed by atoms with Crippen molar-refractivity contribution in [2.24, 2.45) is 0 Å². The van der Waals surface area contributed by atoms with Gasteiger partial charge in [-0.15, -0.1) is 0 Å². The minimum absolute atomic E-state index is 0.901. The van der Waals surface area contributed by atoms with Gasteiger partial charge >= 0.3 is 0 Å². The van der Waals surface area contributed by atoms with Gasteiger partial charge in [0.05, 0.1) is 0 Å². The van der Waals surface area contributed by atoms with Crippen molar-refractivity contribution >= 4 is 43.1 Å². The van der Waals surface area contributed by atoms with Crippen molar-refractivity contribution in [2.75, 3.05) is 0 Å². The molecule has 1 aliphatic heterocycles. The monoisotopic (exact) mass is 646 g/mol. The first-order chi connectivity index (χ1) is 25.3. The van der Waals surface area contributed by atoms with Crippen molar-refractivity contribution in [3.8, 4) is 67.1 Å². The summed E-state index contributed by atoms with van der Waals surface area (Å²) in [6, 6.07) is 66.2. The number of hydrogen-bond donors (Lipinski definition) is 0. The number of fused-ring (bicyclic) bond motifs is 2. The van der Waals surface area contributed by atoms with Crippen LogP contribution in [-0.2, 0) is 0 Å². The number of hydrogen-bond acceptors (Lipinski definition) is 1. The molecule has 11 rings (SSSR count). The minimum atomic E-state index is 0.901. The van der Waals surface area contributed by atoms with E-state index in [0.29, 0.717) is 0 Å². The van der Waals surface area contributed by atoms with Gasteiger partial charge < -0.3 is 4.74 Å². The molecule has 1 aliphatic rings. The second-order valence-electron chi connectivity index (χ2n) is 13.6. The molecule has 0 fully saturated rings. The van der Waals surface area contributed by atoms with Crippen molar-refractivity contribution in [3.63, 3.8) is 0 Å². The molecule has 0 saturated carbocycles. The minimum Gasteiger partial charge on any atom is -0.456 e. The van der Waals surface area contributed by atoms with E-state index >= 15 is 0 Å². The van der Waals surface area contributed by atoms with Gasteiger partial charge in [0, 0.05) is 10.9 Å². The van der Waals surface area contributed by atoms with Crippen LogP contribution in [0.5, 0.6) is 11.5 Å². The molecule has 10 aromatic carbocycles. The summed E-state index contributed by atoms with van der Waals surface area (Å²) < 4.78 is 6.59. The summed E-state index contributed by atoms with van der Waals surface area (Å²) in [4.78, 5) is 0. The van der Waals surface area contributed by atoms with Crippen LogP contribution in [-0.4, -0.2) is 0 Å². The average Bonchev–Trinajstić information content (AvgIpc) is 3.20. The van der Waals surface area contributed by atoms with Crippen LogP contribution in [0.1, 0.15) is 0 Å². The summed E-state index contributed by atoms with van der Waals surface area (Å²) >= 11 is 0. The van der Waals surface area contributed by atoms with E-state index in [-0.39, 0.29) is 0 Å². The van der Waals surface area contributed by atoms with Crippen LogP contribution in [0.2, 0.25) is 0 Å². The molecule has 0 saturated heterocycles. The van der Waals surface area contributed by atoms with Crippen molar-refractivity contribution in [2.45, 2.75) is 0 Å². The van der Waals surface area contributed by atoms with Crippen LogP contribution in [0, 0.1) is 0 Å². The lowest BCUT2D eigenvalue weighted by Crippen LogP contribution is -1.98. The molecule has 0 N–H and O–H groups in total. The third-order valence-corrected chi connectivity index (χ3v) is 10.8. The van der Waals surface area contributed by atoms with Gasteiger partial charge in [-0.3, -0.25) is 0 Å². The first-order valence-corrected chi connectivity index (χ1v) is 17.6. The van der Waals surface area contributed by atoms with E-state index in [1.165, 1.54) is 87.6 Å². The van der Waals surface area contributed by atoms with Gasteiger partial charge in [0.1, 0.15) is 11.5 Å². The Hall–Kier alpha value is -6.70. The van der Waals surface area contributed by atoms with Crippen LogP contribution in [0.4, 0.5) is 0 Å². The zero-order valence-corrected chi connectivity index (χ0v) is 27.7. The Morgan fingerprint density at radius 3 is 1.61 bits per heavy atom. The molecule has 0 aromatic heterocycles. The van der Waals surface area contributed by atoms with E-state index in [1.807, 2.05) is 6.07 Å². The largest absolute Gasteiger partial charge is 0.456 e. The zero-order valence-electron chi connectivity index (χ0n) is 27.7. The molecule has 10 aromatic rings. The maximum atomic E-state index is 6.59. The second-order valence-corrected chi connectivity index (χ2v) is 13.6. The SMILES string of the molecule is c1ccc(-c2ccc3c(c2)Oc2ccc(-c4ccc(-c5cc6ccc7ccc(-c8ccccc8)c8ccc(c5)c6c78)cc4)c4cccc-3c24)cc1. The fraction of sp³-hybridized carbons (Fsp3) is 0. The van der Waals surface area contributed by atoms with Gasteiger partial charge in [0.15, 0.2) is 0 Å². The third-order valence-electron chi connectivity index (χ3n) is 10.8. The van der Waals surface area contributed by atoms with Crippen LogP contribution in [0.3, 0.4) is 0 Å². The molecule has 0 bridgehead atoms. The highest BCUT2D eigenvalue weighted by atomic mass is 16.5. The second kappa shape index (κ2) is 10.9. The summed E-state index contributed by atoms with van der Waals surface area (Å²) in [5.74, 6) is 1.81. The Balaban J connectivity index is 0.977. The highest BCUT2D eigenvalue weighted by Gasteiger charge is 2.22. The lowest BCUT2D eigenvalue weighted by atomic mass is 9.88. The van der Waals surface area contributed by atoms with Gasteiger partial charge in [0.25, 0.3) is 0 Å². The van der Waals surface area contributed by atoms with Gasteiger partial charge in [-0.05, 0) is 118 Å². The molecule has 0 atom stereocenters. The lowest BCUT2D eigenvalue weighted by Gasteiger charge is -2.23. The predicted molar refractivity (Wildman–Crippen MR) is 215 cm³/mol. The van der Waals surface area contributed by atoms with Crippen LogP contribution >= 0.6 is 0 Å². The molecule has 1 heteroatoms. The fourth-order valence-electron chi connectivity index (χ4n) is 8.39. The van der Waals surface area contributed by atoms with E-state index in [1.54, 1.807) is 0 Å². The summed E-state index contributed by atoms with van der Waals surface area (Å²) in [5.41, 5.74) is 12.1. The molecule has 0 aliphatic carbocycles. The maximum Gasteiger partial charge on any atom is 0.135 e. The number of benzene rings is 10. The smallest absolute Gasteiger partial charge is 0.135 e. The molecule has 0 amide bonds. The molecular formula is C50H30O. The van der Waals surface area contributed by atoms with Crippen LogP contribution in [0.25, 0.3) is 98.7 Å². The first kappa shape index (κ1) is 28.2. The Morgan fingerprint density at radius 2 is 0.824 bits per heavy atom. The van der Waals surface area contributed by atoms with E-state index in [9.17, 15) is 0 Å².